The Bertz CT molecular complexity index is 857. The molecule has 5 rings (SSSR count). The summed E-state index contributed by atoms with van der Waals surface area (Å²) < 4.78 is 12.6. The Morgan fingerprint density at radius 3 is 2.03 bits per heavy atom. The fourth-order valence-electron chi connectivity index (χ4n) is 4.83. The van der Waals surface area contributed by atoms with E-state index < -0.39 is 16.7 Å². The number of fused-ring (bicyclic) bond motifs is 5. The van der Waals surface area contributed by atoms with E-state index in [2.05, 4.69) is 14.1 Å². The molecule has 3 aliphatic heterocycles. The van der Waals surface area contributed by atoms with E-state index in [1.54, 1.807) is 12.1 Å². The quantitative estimate of drug-likeness (QED) is 0.247. The van der Waals surface area contributed by atoms with Gasteiger partial charge in [0.2, 0.25) is 5.60 Å². The second-order valence-electron chi connectivity index (χ2n) is 8.22. The molecule has 0 aromatic carbocycles. The first-order valence-corrected chi connectivity index (χ1v) is 11.2. The van der Waals surface area contributed by atoms with Gasteiger partial charge in [-0.1, -0.05) is 12.1 Å². The van der Waals surface area contributed by atoms with E-state index in [-0.39, 0.29) is 6.10 Å². The number of likely N-dealkylation sites (N-methyl/N-ethyl adjacent to an activating group) is 1. The molecule has 162 valence electrons. The van der Waals surface area contributed by atoms with Gasteiger partial charge in [0.15, 0.2) is 0 Å². The third-order valence-electron chi connectivity index (χ3n) is 6.36. The Morgan fingerprint density at radius 2 is 1.63 bits per heavy atom. The molecule has 3 fully saturated rings. The number of rotatable bonds is 4. The molecule has 0 aliphatic carbocycles. The van der Waals surface area contributed by atoms with Crippen LogP contribution in [0.3, 0.4) is 0 Å². The molecule has 0 spiro atoms. The lowest BCUT2D eigenvalue weighted by atomic mass is 9.95. The van der Waals surface area contributed by atoms with Crippen LogP contribution in [0.4, 0.5) is 0 Å². The SMILES string of the molecule is C[N+]1(C)C2CC(OC(=O)C(O)(c3cccs3)c3cccs3)CC1C1OC12.O=[N+]([O-])[O-]. The molecule has 30 heavy (non-hydrogen) atoms. The number of carbonyl (C=O) groups is 1. The molecule has 0 radical (unpaired) electrons. The Kier molecular flexibility index (Phi) is 5.35. The van der Waals surface area contributed by atoms with E-state index in [9.17, 15) is 9.90 Å². The molecule has 11 heteroatoms. The predicted molar refractivity (Wildman–Crippen MR) is 109 cm³/mol. The van der Waals surface area contributed by atoms with Crippen LogP contribution in [-0.2, 0) is 19.9 Å². The standard InChI is InChI=1S/C19H22NO4S2.NO3/c1-20(2)12-9-11(10-13(20)17-16(12)24-17)23-18(21)19(22,14-5-3-7-25-14)15-6-4-8-26-15;2-1(3)4/h3-8,11-13,16-17,22H,9-10H2,1-2H3;/q+1;-1. The minimum atomic E-state index is -1.75. The molecule has 3 aliphatic rings. The molecular formula is C19H22N2O7S2. The van der Waals surface area contributed by atoms with Crippen LogP contribution >= 0.6 is 22.7 Å². The number of piperidine rings is 1. The fraction of sp³-hybridized carbons (Fsp3) is 0.526. The number of thiophene rings is 2. The van der Waals surface area contributed by atoms with Crippen LogP contribution in [0.25, 0.3) is 0 Å². The zero-order valence-corrected chi connectivity index (χ0v) is 18.0. The first-order valence-electron chi connectivity index (χ1n) is 9.47. The molecule has 0 saturated carbocycles. The number of epoxide rings is 1. The second kappa shape index (κ2) is 7.57. The highest BCUT2D eigenvalue weighted by Gasteiger charge is 2.71. The van der Waals surface area contributed by atoms with E-state index in [1.807, 2.05) is 22.9 Å². The van der Waals surface area contributed by atoms with E-state index in [0.29, 0.717) is 34.0 Å². The summed E-state index contributed by atoms with van der Waals surface area (Å²) in [6, 6.07) is 8.01. The van der Waals surface area contributed by atoms with Crippen LogP contribution < -0.4 is 0 Å². The van der Waals surface area contributed by atoms with Crippen molar-refractivity contribution in [1.82, 2.24) is 0 Å². The number of morpholine rings is 1. The Morgan fingerprint density at radius 1 is 1.17 bits per heavy atom. The highest BCUT2D eigenvalue weighted by atomic mass is 32.1. The van der Waals surface area contributed by atoms with Gasteiger partial charge >= 0.3 is 5.97 Å². The van der Waals surface area contributed by atoms with E-state index >= 15 is 0 Å². The van der Waals surface area contributed by atoms with Gasteiger partial charge in [-0.05, 0) is 22.9 Å². The molecule has 4 unspecified atom stereocenters. The molecule has 2 aromatic rings. The van der Waals surface area contributed by atoms with Gasteiger partial charge in [-0.3, -0.25) is 0 Å². The molecule has 2 bridgehead atoms. The average Bonchev–Trinajstić information content (AvgIpc) is 3.02. The van der Waals surface area contributed by atoms with Gasteiger partial charge in [-0.25, -0.2) is 4.79 Å². The second-order valence-corrected chi connectivity index (χ2v) is 10.1. The minimum Gasteiger partial charge on any atom is -0.459 e. The van der Waals surface area contributed by atoms with Gasteiger partial charge in [-0.15, -0.1) is 22.7 Å². The summed E-state index contributed by atoms with van der Waals surface area (Å²) in [6.45, 7) is 0. The normalized spacial score (nSPS) is 30.6. The lowest BCUT2D eigenvalue weighted by molar-refractivity contribution is -0.938. The first kappa shape index (κ1) is 21.2. The van der Waals surface area contributed by atoms with Gasteiger partial charge in [0, 0.05) is 12.8 Å². The molecule has 4 atom stereocenters. The highest BCUT2D eigenvalue weighted by molar-refractivity contribution is 7.12. The first-order chi connectivity index (χ1) is 14.2. The Hall–Kier alpha value is -2.05. The Balaban J connectivity index is 0.000000503. The lowest BCUT2D eigenvalue weighted by Crippen LogP contribution is -2.60. The van der Waals surface area contributed by atoms with Crippen molar-refractivity contribution in [3.05, 3.63) is 60.1 Å². The number of hydrogen-bond acceptors (Lipinski definition) is 9. The molecular weight excluding hydrogens is 432 g/mol. The number of hydrogen-bond donors (Lipinski definition) is 1. The third kappa shape index (κ3) is 3.50. The largest absolute Gasteiger partial charge is 0.459 e. The van der Waals surface area contributed by atoms with Crippen molar-refractivity contribution in [1.29, 1.82) is 0 Å². The summed E-state index contributed by atoms with van der Waals surface area (Å²) in [4.78, 5) is 22.6. The van der Waals surface area contributed by atoms with Gasteiger partial charge in [0.1, 0.15) is 30.4 Å². The van der Waals surface area contributed by atoms with Crippen LogP contribution in [0.15, 0.2) is 35.0 Å². The van der Waals surface area contributed by atoms with Crippen molar-refractivity contribution < 1.29 is 28.9 Å². The smallest absolute Gasteiger partial charge is 0.349 e. The number of carbonyl (C=O) groups excluding carboxylic acids is 1. The number of esters is 1. The third-order valence-corrected chi connectivity index (χ3v) is 8.32. The monoisotopic (exact) mass is 454 g/mol. The van der Waals surface area contributed by atoms with E-state index in [4.69, 9.17) is 24.8 Å². The van der Waals surface area contributed by atoms with Crippen LogP contribution in [0, 0.1) is 15.3 Å². The molecule has 0 amide bonds. The van der Waals surface area contributed by atoms with Crippen molar-refractivity contribution in [2.75, 3.05) is 14.1 Å². The molecule has 5 heterocycles. The van der Waals surface area contributed by atoms with Crippen LogP contribution in [0.2, 0.25) is 0 Å². The topological polar surface area (TPSA) is 125 Å². The summed E-state index contributed by atoms with van der Waals surface area (Å²) in [6.07, 6.45) is 2.05. The minimum absolute atomic E-state index is 0.161. The molecule has 2 aromatic heterocycles. The van der Waals surface area contributed by atoms with Gasteiger partial charge < -0.3 is 34.4 Å². The van der Waals surface area contributed by atoms with Crippen LogP contribution in [0.1, 0.15) is 22.6 Å². The number of nitrogens with zero attached hydrogens (tertiary/aromatic N) is 2. The number of quaternary nitrogens is 1. The summed E-state index contributed by atoms with van der Waals surface area (Å²) in [7, 11) is 4.49. The summed E-state index contributed by atoms with van der Waals surface area (Å²) in [5.74, 6) is -0.561. The van der Waals surface area contributed by atoms with E-state index in [1.165, 1.54) is 22.7 Å². The zero-order chi connectivity index (χ0) is 21.7. The van der Waals surface area contributed by atoms with E-state index in [0.717, 1.165) is 17.3 Å². The predicted octanol–water partition coefficient (Wildman–Crippen LogP) is 2.11. The number of aliphatic hydroxyl groups is 1. The number of ether oxygens (including phenoxy) is 2. The van der Waals surface area contributed by atoms with Gasteiger partial charge in [-0.2, -0.15) is 0 Å². The maximum atomic E-state index is 13.1. The van der Waals surface area contributed by atoms with Crippen LogP contribution in [0.5, 0.6) is 0 Å². The zero-order valence-electron chi connectivity index (χ0n) is 16.4. The Labute approximate surface area is 180 Å². The van der Waals surface area contributed by atoms with Crippen molar-refractivity contribution in [3.63, 3.8) is 0 Å². The van der Waals surface area contributed by atoms with Crippen molar-refractivity contribution in [2.45, 2.75) is 48.8 Å². The van der Waals surface area contributed by atoms with Crippen molar-refractivity contribution in [3.8, 4) is 0 Å². The average molecular weight is 455 g/mol. The van der Waals surface area contributed by atoms with Crippen molar-refractivity contribution >= 4 is 28.6 Å². The highest BCUT2D eigenvalue weighted by Crippen LogP contribution is 2.52. The maximum absolute atomic E-state index is 13.1. The van der Waals surface area contributed by atoms with Gasteiger partial charge in [0.25, 0.3) is 0 Å². The summed E-state index contributed by atoms with van der Waals surface area (Å²) in [5.41, 5.74) is -1.72. The van der Waals surface area contributed by atoms with Crippen molar-refractivity contribution in [2.24, 2.45) is 0 Å². The summed E-state index contributed by atoms with van der Waals surface area (Å²) in [5, 5.41) is 29.8. The molecule has 9 nitrogen and oxygen atoms in total. The molecule has 1 N–H and O–H groups in total. The van der Waals surface area contributed by atoms with Gasteiger partial charge in [0.05, 0.1) is 28.9 Å². The maximum Gasteiger partial charge on any atom is 0.349 e. The molecule has 3 saturated heterocycles. The summed E-state index contributed by atoms with van der Waals surface area (Å²) >= 11 is 2.74. The van der Waals surface area contributed by atoms with Crippen LogP contribution in [-0.4, -0.2) is 65.1 Å². The fourth-order valence-corrected chi connectivity index (χ4v) is 6.54. The lowest BCUT2D eigenvalue weighted by Gasteiger charge is -2.45.